The van der Waals surface area contributed by atoms with Gasteiger partial charge in [-0.1, -0.05) is 60.7 Å². The van der Waals surface area contributed by atoms with Crippen molar-refractivity contribution in [1.82, 2.24) is 5.32 Å². The number of benzene rings is 2. The Morgan fingerprint density at radius 2 is 1.32 bits per heavy atom. The van der Waals surface area contributed by atoms with E-state index in [9.17, 15) is 4.79 Å². The molecule has 132 valence electrons. The molecule has 0 spiro atoms. The molecule has 3 rings (SSSR count). The van der Waals surface area contributed by atoms with Crippen LogP contribution in [0.5, 0.6) is 0 Å². The Labute approximate surface area is 151 Å². The first-order valence-electron chi connectivity index (χ1n) is 9.50. The average Bonchev–Trinajstić information content (AvgIpc) is 2.96. The molecule has 2 aromatic carbocycles. The second kappa shape index (κ2) is 8.82. The van der Waals surface area contributed by atoms with Crippen LogP contribution in [0.4, 0.5) is 0 Å². The van der Waals surface area contributed by atoms with E-state index >= 15 is 0 Å². The molecule has 0 aliphatic carbocycles. The fourth-order valence-corrected chi connectivity index (χ4v) is 3.72. The fraction of sp³-hybridized carbons (Fsp3) is 0.409. The van der Waals surface area contributed by atoms with E-state index in [-0.39, 0.29) is 18.0 Å². The lowest BCUT2D eigenvalue weighted by atomic mass is 9.98. The van der Waals surface area contributed by atoms with Gasteiger partial charge in [0.05, 0.1) is 19.1 Å². The number of amides is 1. The Kier molecular flexibility index (Phi) is 6.24. The van der Waals surface area contributed by atoms with Crippen LogP contribution in [0.25, 0.3) is 0 Å². The van der Waals surface area contributed by atoms with Crippen molar-refractivity contribution in [2.24, 2.45) is 0 Å². The second-order valence-corrected chi connectivity index (χ2v) is 7.06. The molecule has 1 atom stereocenters. The number of nitrogens with one attached hydrogen (secondary N) is 2. The molecule has 1 aliphatic rings. The van der Waals surface area contributed by atoms with E-state index in [2.05, 4.69) is 36.5 Å². The molecule has 0 bridgehead atoms. The summed E-state index contributed by atoms with van der Waals surface area (Å²) in [6.07, 6.45) is 5.06. The maximum absolute atomic E-state index is 13.0. The molecular weight excluding hydrogens is 308 g/mol. The van der Waals surface area contributed by atoms with Crippen molar-refractivity contribution < 1.29 is 9.69 Å². The monoisotopic (exact) mass is 337 g/mol. The van der Waals surface area contributed by atoms with Crippen LogP contribution in [0.3, 0.4) is 0 Å². The van der Waals surface area contributed by atoms with Crippen molar-refractivity contribution in [3.05, 3.63) is 71.8 Å². The molecule has 1 aliphatic heterocycles. The minimum absolute atomic E-state index is 0.00646. The third-order valence-electron chi connectivity index (χ3n) is 5.30. The molecule has 2 N–H and O–H groups in total. The molecule has 1 fully saturated rings. The molecule has 0 unspecified atom stereocenters. The summed E-state index contributed by atoms with van der Waals surface area (Å²) in [7, 11) is 0. The van der Waals surface area contributed by atoms with Gasteiger partial charge in [-0.05, 0) is 43.7 Å². The maximum Gasteiger partial charge on any atom is 0.278 e. The van der Waals surface area contributed by atoms with Gasteiger partial charge in [0.15, 0.2) is 6.04 Å². The van der Waals surface area contributed by atoms with Crippen LogP contribution in [0, 0.1) is 0 Å². The smallest absolute Gasteiger partial charge is 0.278 e. The first kappa shape index (κ1) is 17.7. The standard InChI is InChI=1S/C22H28N2O/c1-18(24-16-10-2-3-11-17-24)22(25)23-21(19-12-6-4-7-13-19)20-14-8-5-9-15-20/h4-9,12-15,18,21H,2-3,10-11,16-17H2,1H3,(H,23,25)/p+1/t18-/m0/s1. The predicted octanol–water partition coefficient (Wildman–Crippen LogP) is 2.74. The zero-order valence-electron chi connectivity index (χ0n) is 15.1. The van der Waals surface area contributed by atoms with E-state index in [4.69, 9.17) is 0 Å². The first-order valence-corrected chi connectivity index (χ1v) is 9.50. The van der Waals surface area contributed by atoms with Gasteiger partial charge in [-0.15, -0.1) is 0 Å². The molecule has 3 nitrogen and oxygen atoms in total. The third-order valence-corrected chi connectivity index (χ3v) is 5.30. The summed E-state index contributed by atoms with van der Waals surface area (Å²) in [6, 6.07) is 20.4. The first-order chi connectivity index (χ1) is 12.3. The molecule has 3 heteroatoms. The Morgan fingerprint density at radius 1 is 0.840 bits per heavy atom. The number of hydrogen-bond acceptors (Lipinski definition) is 1. The lowest BCUT2D eigenvalue weighted by Crippen LogP contribution is -3.16. The SMILES string of the molecule is C[C@@H](C(=O)NC(c1ccccc1)c1ccccc1)[NH+]1CCCCCC1. The van der Waals surface area contributed by atoms with Crippen molar-refractivity contribution in [1.29, 1.82) is 0 Å². The van der Waals surface area contributed by atoms with Crippen molar-refractivity contribution in [2.75, 3.05) is 13.1 Å². The summed E-state index contributed by atoms with van der Waals surface area (Å²) in [6.45, 7) is 4.29. The van der Waals surface area contributed by atoms with Crippen LogP contribution in [0.2, 0.25) is 0 Å². The van der Waals surface area contributed by atoms with E-state index in [0.717, 1.165) is 24.2 Å². The van der Waals surface area contributed by atoms with Crippen LogP contribution >= 0.6 is 0 Å². The molecule has 2 aromatic rings. The number of quaternary nitrogens is 1. The number of rotatable bonds is 5. The van der Waals surface area contributed by atoms with Crippen molar-refractivity contribution in [3.8, 4) is 0 Å². The van der Waals surface area contributed by atoms with Gasteiger partial charge in [0, 0.05) is 0 Å². The molecule has 1 amide bonds. The van der Waals surface area contributed by atoms with Gasteiger partial charge in [-0.2, -0.15) is 0 Å². The van der Waals surface area contributed by atoms with Gasteiger partial charge in [-0.25, -0.2) is 0 Å². The lowest BCUT2D eigenvalue weighted by Gasteiger charge is -2.27. The van der Waals surface area contributed by atoms with E-state index in [1.54, 1.807) is 0 Å². The number of carbonyl (C=O) groups is 1. The van der Waals surface area contributed by atoms with Crippen molar-refractivity contribution >= 4 is 5.91 Å². The zero-order valence-corrected chi connectivity index (χ0v) is 15.1. The van der Waals surface area contributed by atoms with Crippen LogP contribution in [-0.2, 0) is 4.79 Å². The summed E-state index contributed by atoms with van der Waals surface area (Å²) in [5.41, 5.74) is 2.25. The minimum Gasteiger partial charge on any atom is -0.340 e. The average molecular weight is 337 g/mol. The number of hydrogen-bond donors (Lipinski definition) is 2. The second-order valence-electron chi connectivity index (χ2n) is 7.06. The van der Waals surface area contributed by atoms with Crippen molar-refractivity contribution in [2.45, 2.75) is 44.7 Å². The molecule has 1 saturated heterocycles. The summed E-state index contributed by atoms with van der Waals surface area (Å²) in [5.74, 6) is 0.148. The van der Waals surface area contributed by atoms with E-state index < -0.39 is 0 Å². The van der Waals surface area contributed by atoms with Crippen LogP contribution in [-0.4, -0.2) is 25.0 Å². The molecule has 0 saturated carbocycles. The Hall–Kier alpha value is -2.13. The highest BCUT2D eigenvalue weighted by molar-refractivity contribution is 5.80. The van der Waals surface area contributed by atoms with Gasteiger partial charge in [0.25, 0.3) is 5.91 Å². The van der Waals surface area contributed by atoms with Gasteiger partial charge < -0.3 is 10.2 Å². The molecule has 1 heterocycles. The largest absolute Gasteiger partial charge is 0.340 e. The highest BCUT2D eigenvalue weighted by Gasteiger charge is 2.28. The van der Waals surface area contributed by atoms with Crippen LogP contribution in [0.15, 0.2) is 60.7 Å². The summed E-state index contributed by atoms with van der Waals surface area (Å²) in [4.78, 5) is 14.4. The van der Waals surface area contributed by atoms with Crippen LogP contribution in [0.1, 0.15) is 49.8 Å². The Balaban J connectivity index is 1.76. The quantitative estimate of drug-likeness (QED) is 0.864. The predicted molar refractivity (Wildman–Crippen MR) is 101 cm³/mol. The normalized spacial score (nSPS) is 17.0. The van der Waals surface area contributed by atoms with Crippen molar-refractivity contribution in [3.63, 3.8) is 0 Å². The summed E-state index contributed by atoms with van der Waals surface area (Å²) < 4.78 is 0. The topological polar surface area (TPSA) is 33.5 Å². The fourth-order valence-electron chi connectivity index (χ4n) is 3.72. The molecule has 0 aromatic heterocycles. The lowest BCUT2D eigenvalue weighted by molar-refractivity contribution is -0.913. The van der Waals surface area contributed by atoms with Gasteiger partial charge in [0.2, 0.25) is 0 Å². The number of likely N-dealkylation sites (tertiary alicyclic amines) is 1. The molecule has 0 radical (unpaired) electrons. The molecular formula is C22H29N2O+. The summed E-state index contributed by atoms with van der Waals surface area (Å²) in [5, 5.41) is 3.31. The summed E-state index contributed by atoms with van der Waals surface area (Å²) >= 11 is 0. The van der Waals surface area contributed by atoms with Crippen LogP contribution < -0.4 is 10.2 Å². The van der Waals surface area contributed by atoms with Gasteiger partial charge in [-0.3, -0.25) is 4.79 Å². The minimum atomic E-state index is -0.0938. The highest BCUT2D eigenvalue weighted by atomic mass is 16.2. The number of carbonyl (C=O) groups excluding carboxylic acids is 1. The van der Waals surface area contributed by atoms with E-state index in [1.165, 1.54) is 30.6 Å². The van der Waals surface area contributed by atoms with Gasteiger partial charge in [0.1, 0.15) is 0 Å². The van der Waals surface area contributed by atoms with Gasteiger partial charge >= 0.3 is 0 Å². The Bertz CT molecular complexity index is 609. The zero-order chi connectivity index (χ0) is 17.5. The molecule has 25 heavy (non-hydrogen) atoms. The third kappa shape index (κ3) is 4.70. The van der Waals surface area contributed by atoms with E-state index in [0.29, 0.717) is 0 Å². The highest BCUT2D eigenvalue weighted by Crippen LogP contribution is 2.21. The van der Waals surface area contributed by atoms with E-state index in [1.807, 2.05) is 36.4 Å². The Morgan fingerprint density at radius 3 is 1.80 bits per heavy atom. The maximum atomic E-state index is 13.0.